The van der Waals surface area contributed by atoms with E-state index < -0.39 is 8.07 Å². The molecule has 4 heteroatoms. The summed E-state index contributed by atoms with van der Waals surface area (Å²) in [5, 5.41) is 4.53. The molecular weight excluding hydrogens is 511 g/mol. The van der Waals surface area contributed by atoms with Crippen LogP contribution >= 0.6 is 0 Å². The Balaban J connectivity index is 1.47. The van der Waals surface area contributed by atoms with Crippen molar-refractivity contribution in [1.82, 2.24) is 0 Å². The molecule has 9 rings (SSSR count). The Morgan fingerprint density at radius 1 is 0.415 bits per heavy atom. The zero-order chi connectivity index (χ0) is 27.1. The Morgan fingerprint density at radius 3 is 1.27 bits per heavy atom. The zero-order valence-electron chi connectivity index (χ0n) is 22.8. The lowest BCUT2D eigenvalue weighted by Gasteiger charge is -2.50. The van der Waals surface area contributed by atoms with Crippen molar-refractivity contribution in [3.8, 4) is 0 Å². The standard InChI is InChI=1S/C37H27BN2Si/c1-41(28-18-9-4-10-19-28)33-24-12-22-31-36(33)38-35-29(39(31)26-14-5-2-6-15-26)20-11-21-30(35)40(27-16-7-3-8-17-27)32-23-13-25-34(41)37(32)38/h2-25H,1H3. The molecule has 2 nitrogen and oxygen atoms in total. The average Bonchev–Trinajstić information content (AvgIpc) is 3.04. The van der Waals surface area contributed by atoms with Crippen LogP contribution in [0.5, 0.6) is 0 Å². The topological polar surface area (TPSA) is 6.48 Å². The van der Waals surface area contributed by atoms with Gasteiger partial charge >= 0.3 is 0 Å². The van der Waals surface area contributed by atoms with Gasteiger partial charge in [0.25, 0.3) is 6.71 Å². The summed E-state index contributed by atoms with van der Waals surface area (Å²) in [6.07, 6.45) is 0. The molecule has 0 aromatic heterocycles. The molecule has 0 unspecified atom stereocenters. The zero-order valence-corrected chi connectivity index (χ0v) is 23.8. The Morgan fingerprint density at radius 2 is 0.805 bits per heavy atom. The third kappa shape index (κ3) is 2.92. The van der Waals surface area contributed by atoms with Crippen LogP contribution in [-0.2, 0) is 0 Å². The smallest absolute Gasteiger partial charge is 0.251 e. The van der Waals surface area contributed by atoms with E-state index in [4.69, 9.17) is 0 Å². The van der Waals surface area contributed by atoms with E-state index in [0.29, 0.717) is 0 Å². The van der Waals surface area contributed by atoms with Crippen LogP contribution in [0.2, 0.25) is 6.55 Å². The quantitative estimate of drug-likeness (QED) is 0.286. The molecule has 0 radical (unpaired) electrons. The van der Waals surface area contributed by atoms with E-state index in [1.165, 1.54) is 66.1 Å². The van der Waals surface area contributed by atoms with Crippen molar-refractivity contribution in [1.29, 1.82) is 0 Å². The highest BCUT2D eigenvalue weighted by Gasteiger charge is 2.53. The van der Waals surface area contributed by atoms with Crippen molar-refractivity contribution in [2.75, 3.05) is 9.80 Å². The number of hydrogen-bond acceptors (Lipinski definition) is 2. The van der Waals surface area contributed by atoms with Gasteiger partial charge in [0, 0.05) is 34.1 Å². The van der Waals surface area contributed by atoms with E-state index in [0.717, 1.165) is 0 Å². The first-order chi connectivity index (χ1) is 20.3. The van der Waals surface area contributed by atoms with Gasteiger partial charge in [0.15, 0.2) is 0 Å². The van der Waals surface area contributed by atoms with Crippen molar-refractivity contribution >= 4 is 80.9 Å². The summed E-state index contributed by atoms with van der Waals surface area (Å²) in [6.45, 7) is 2.77. The molecule has 6 aromatic carbocycles. The van der Waals surface area contributed by atoms with Crippen LogP contribution in [0.15, 0.2) is 146 Å². The van der Waals surface area contributed by atoms with Gasteiger partial charge in [0.1, 0.15) is 8.07 Å². The fourth-order valence-corrected chi connectivity index (χ4v) is 12.1. The van der Waals surface area contributed by atoms with Crippen molar-refractivity contribution in [3.05, 3.63) is 146 Å². The molecule has 0 aliphatic carbocycles. The highest BCUT2D eigenvalue weighted by atomic mass is 28.3. The largest absolute Gasteiger partial charge is 0.311 e. The van der Waals surface area contributed by atoms with Gasteiger partial charge in [-0.1, -0.05) is 114 Å². The summed E-state index contributed by atoms with van der Waals surface area (Å²) < 4.78 is 0. The normalized spacial score (nSPS) is 15.0. The molecule has 0 N–H and O–H groups in total. The van der Waals surface area contributed by atoms with Gasteiger partial charge in [0.2, 0.25) is 0 Å². The lowest BCUT2D eigenvalue weighted by Crippen LogP contribution is -2.83. The SMILES string of the molecule is C[Si]1(c2ccccc2)c2cccc3c2B2c4c(cccc4N(c4ccccc4)c4cccc1c42)N3c1ccccc1. The van der Waals surface area contributed by atoms with E-state index in [1.807, 2.05) is 0 Å². The summed E-state index contributed by atoms with van der Waals surface area (Å²) in [5.41, 5.74) is 12.0. The van der Waals surface area contributed by atoms with Crippen LogP contribution in [-0.4, -0.2) is 14.8 Å². The molecule has 3 aliphatic rings. The van der Waals surface area contributed by atoms with Crippen LogP contribution in [0.1, 0.15) is 0 Å². The molecule has 41 heavy (non-hydrogen) atoms. The molecule has 3 aliphatic heterocycles. The van der Waals surface area contributed by atoms with E-state index in [1.54, 1.807) is 0 Å². The van der Waals surface area contributed by atoms with Crippen molar-refractivity contribution in [3.63, 3.8) is 0 Å². The van der Waals surface area contributed by atoms with Crippen LogP contribution in [0.25, 0.3) is 0 Å². The molecule has 0 bridgehead atoms. The van der Waals surface area contributed by atoms with Gasteiger partial charge in [-0.25, -0.2) is 0 Å². The number of benzene rings is 6. The van der Waals surface area contributed by atoms with Gasteiger partial charge in [-0.2, -0.15) is 0 Å². The second-order valence-electron chi connectivity index (χ2n) is 11.5. The second-order valence-corrected chi connectivity index (χ2v) is 15.4. The van der Waals surface area contributed by atoms with Crippen LogP contribution in [0.3, 0.4) is 0 Å². The maximum absolute atomic E-state index is 2.57. The Hall–Kier alpha value is -4.80. The number of para-hydroxylation sites is 2. The predicted molar refractivity (Wildman–Crippen MR) is 177 cm³/mol. The Kier molecular flexibility index (Phi) is 4.68. The monoisotopic (exact) mass is 538 g/mol. The van der Waals surface area contributed by atoms with Gasteiger partial charge < -0.3 is 9.80 Å². The number of nitrogens with zero attached hydrogens (tertiary/aromatic N) is 2. The fourth-order valence-electron chi connectivity index (χ4n) is 7.83. The minimum absolute atomic E-state index is 0.197. The van der Waals surface area contributed by atoms with Gasteiger partial charge in [-0.15, -0.1) is 0 Å². The molecule has 0 atom stereocenters. The minimum Gasteiger partial charge on any atom is -0.311 e. The third-order valence-electron chi connectivity index (χ3n) is 9.51. The molecule has 0 saturated heterocycles. The maximum Gasteiger partial charge on any atom is 0.251 e. The molecule has 0 amide bonds. The fraction of sp³-hybridized carbons (Fsp3) is 0.0270. The van der Waals surface area contributed by atoms with Crippen LogP contribution < -0.4 is 41.7 Å². The summed E-state index contributed by atoms with van der Waals surface area (Å²) in [7, 11) is -2.35. The molecule has 3 heterocycles. The average molecular weight is 539 g/mol. The predicted octanol–water partition coefficient (Wildman–Crippen LogP) is 5.18. The third-order valence-corrected chi connectivity index (χ3v) is 14.0. The van der Waals surface area contributed by atoms with Crippen molar-refractivity contribution in [2.45, 2.75) is 6.55 Å². The van der Waals surface area contributed by atoms with E-state index in [2.05, 4.69) is 162 Å². The van der Waals surface area contributed by atoms with Gasteiger partial charge in [-0.3, -0.25) is 0 Å². The molecule has 6 aromatic rings. The summed E-state index contributed by atoms with van der Waals surface area (Å²) in [5.74, 6) is 0. The first-order valence-electron chi connectivity index (χ1n) is 14.4. The maximum atomic E-state index is 2.57. The number of hydrogen-bond donors (Lipinski definition) is 0. The van der Waals surface area contributed by atoms with Crippen LogP contribution in [0, 0.1) is 0 Å². The molecule has 192 valence electrons. The minimum atomic E-state index is -2.35. The first-order valence-corrected chi connectivity index (χ1v) is 16.9. The van der Waals surface area contributed by atoms with Crippen molar-refractivity contribution in [2.24, 2.45) is 0 Å². The highest BCUT2D eigenvalue weighted by Crippen LogP contribution is 2.44. The molecule has 0 spiro atoms. The Bertz CT molecular complexity index is 1860. The lowest BCUT2D eigenvalue weighted by molar-refractivity contribution is 1.25. The van der Waals surface area contributed by atoms with Crippen LogP contribution in [0.4, 0.5) is 34.1 Å². The van der Waals surface area contributed by atoms with Gasteiger partial charge in [0.05, 0.1) is 0 Å². The lowest BCUT2D eigenvalue weighted by atomic mass is 9.33. The summed E-state index contributed by atoms with van der Waals surface area (Å²) in [4.78, 5) is 5.02. The first kappa shape index (κ1) is 23.0. The Labute approximate surface area is 242 Å². The van der Waals surface area contributed by atoms with E-state index >= 15 is 0 Å². The van der Waals surface area contributed by atoms with E-state index in [9.17, 15) is 0 Å². The molecule has 0 saturated carbocycles. The summed E-state index contributed by atoms with van der Waals surface area (Å²) in [6, 6.07) is 54.1. The highest BCUT2D eigenvalue weighted by molar-refractivity contribution is 7.21. The number of rotatable bonds is 3. The summed E-state index contributed by atoms with van der Waals surface area (Å²) >= 11 is 0. The van der Waals surface area contributed by atoms with Gasteiger partial charge in [-0.05, 0) is 70.1 Å². The second kappa shape index (κ2) is 8.36. The molecule has 0 fully saturated rings. The van der Waals surface area contributed by atoms with Crippen molar-refractivity contribution < 1.29 is 0 Å². The van der Waals surface area contributed by atoms with E-state index in [-0.39, 0.29) is 6.71 Å². The number of anilines is 6. The molecular formula is C37H27BN2Si.